The Morgan fingerprint density at radius 3 is 2.48 bits per heavy atom. The van der Waals surface area contributed by atoms with Crippen LogP contribution in [-0.4, -0.2) is 43.8 Å². The molecule has 0 aromatic carbocycles. The van der Waals surface area contributed by atoms with E-state index in [1.54, 1.807) is 27.8 Å². The molecular weight excluding hydrogens is 392 g/mol. The summed E-state index contributed by atoms with van der Waals surface area (Å²) in [6, 6.07) is 5.57. The van der Waals surface area contributed by atoms with Gasteiger partial charge in [0, 0.05) is 32.7 Å². The molecule has 2 aromatic heterocycles. The Morgan fingerprint density at radius 2 is 1.90 bits per heavy atom. The number of piperazine rings is 1. The molecule has 0 N–H and O–H groups in total. The highest BCUT2D eigenvalue weighted by molar-refractivity contribution is 9.11. The van der Waals surface area contributed by atoms with Gasteiger partial charge in [-0.25, -0.2) is 8.42 Å². The molecule has 0 unspecified atom stereocenters. The second kappa shape index (κ2) is 6.47. The number of halogens is 1. The minimum absolute atomic E-state index is 0.417. The zero-order valence-electron chi connectivity index (χ0n) is 11.2. The van der Waals surface area contributed by atoms with Gasteiger partial charge in [0.25, 0.3) is 10.0 Å². The summed E-state index contributed by atoms with van der Waals surface area (Å²) < 4.78 is 27.9. The van der Waals surface area contributed by atoms with Gasteiger partial charge in [0.15, 0.2) is 0 Å². The fourth-order valence-corrected chi connectivity index (χ4v) is 6.58. The van der Waals surface area contributed by atoms with Crippen molar-refractivity contribution in [3.8, 4) is 0 Å². The summed E-state index contributed by atoms with van der Waals surface area (Å²) in [6.07, 6.45) is 0. The van der Waals surface area contributed by atoms with Crippen LogP contribution in [0.4, 0.5) is 0 Å². The van der Waals surface area contributed by atoms with Gasteiger partial charge < -0.3 is 0 Å². The first-order chi connectivity index (χ1) is 10.1. The number of thiophene rings is 2. The van der Waals surface area contributed by atoms with Crippen LogP contribution in [0, 0.1) is 0 Å². The molecule has 0 atom stereocenters. The van der Waals surface area contributed by atoms with E-state index in [0.29, 0.717) is 17.3 Å². The summed E-state index contributed by atoms with van der Waals surface area (Å²) in [7, 11) is -3.33. The van der Waals surface area contributed by atoms with Crippen molar-refractivity contribution in [1.82, 2.24) is 9.21 Å². The van der Waals surface area contributed by atoms with Crippen LogP contribution in [0.2, 0.25) is 0 Å². The van der Waals surface area contributed by atoms with Crippen molar-refractivity contribution in [2.24, 2.45) is 0 Å². The van der Waals surface area contributed by atoms with Crippen LogP contribution in [0.1, 0.15) is 5.56 Å². The maximum atomic E-state index is 12.5. The van der Waals surface area contributed by atoms with E-state index < -0.39 is 10.0 Å². The van der Waals surface area contributed by atoms with Gasteiger partial charge in [-0.1, -0.05) is 0 Å². The van der Waals surface area contributed by atoms with Gasteiger partial charge in [-0.05, 0) is 50.5 Å². The summed E-state index contributed by atoms with van der Waals surface area (Å²) >= 11 is 6.28. The van der Waals surface area contributed by atoms with Crippen LogP contribution in [0.3, 0.4) is 0 Å². The molecule has 0 bridgehead atoms. The lowest BCUT2D eigenvalue weighted by Crippen LogP contribution is -2.47. The number of sulfonamides is 1. The maximum Gasteiger partial charge on any atom is 0.252 e. The molecule has 0 aliphatic carbocycles. The molecule has 8 heteroatoms. The Balaban J connectivity index is 1.63. The summed E-state index contributed by atoms with van der Waals surface area (Å²) in [5.41, 5.74) is 1.30. The molecule has 1 fully saturated rings. The van der Waals surface area contributed by atoms with E-state index >= 15 is 0 Å². The Bertz CT molecular complexity index is 689. The third-order valence-electron chi connectivity index (χ3n) is 3.46. The lowest BCUT2D eigenvalue weighted by atomic mass is 10.3. The number of nitrogens with zero attached hydrogens (tertiary/aromatic N) is 2. The molecule has 3 rings (SSSR count). The van der Waals surface area contributed by atoms with Gasteiger partial charge in [-0.2, -0.15) is 15.6 Å². The van der Waals surface area contributed by atoms with Crippen molar-refractivity contribution in [2.75, 3.05) is 26.2 Å². The summed E-state index contributed by atoms with van der Waals surface area (Å²) in [5.74, 6) is 0. The molecule has 114 valence electrons. The highest BCUT2D eigenvalue weighted by atomic mass is 79.9. The Kier molecular flexibility index (Phi) is 4.82. The first kappa shape index (κ1) is 15.6. The first-order valence-electron chi connectivity index (χ1n) is 6.54. The lowest BCUT2D eigenvalue weighted by molar-refractivity contribution is 0.182. The van der Waals surface area contributed by atoms with Crippen LogP contribution < -0.4 is 0 Å². The van der Waals surface area contributed by atoms with Crippen LogP contribution in [0.15, 0.2) is 37.0 Å². The zero-order chi connectivity index (χ0) is 14.9. The van der Waals surface area contributed by atoms with Crippen molar-refractivity contribution in [1.29, 1.82) is 0 Å². The van der Waals surface area contributed by atoms with Crippen LogP contribution in [-0.2, 0) is 16.6 Å². The molecule has 2 aromatic rings. The fraction of sp³-hybridized carbons (Fsp3) is 0.385. The molecule has 1 aliphatic heterocycles. The Hall–Kier alpha value is -0.250. The normalized spacial score (nSPS) is 18.1. The highest BCUT2D eigenvalue weighted by Crippen LogP contribution is 2.29. The second-order valence-electron chi connectivity index (χ2n) is 4.87. The van der Waals surface area contributed by atoms with E-state index in [1.807, 2.05) is 0 Å². The minimum Gasteiger partial charge on any atom is -0.296 e. The molecule has 0 amide bonds. The number of hydrogen-bond acceptors (Lipinski definition) is 5. The molecule has 1 aliphatic rings. The summed E-state index contributed by atoms with van der Waals surface area (Å²) in [4.78, 5) is 2.30. The van der Waals surface area contributed by atoms with Gasteiger partial charge in [0.2, 0.25) is 0 Å². The average molecular weight is 407 g/mol. The standard InChI is InChI=1S/C13H15BrN2O2S3/c14-12-1-2-13(20-12)21(17,18)16-6-4-15(5-7-16)9-11-3-8-19-10-11/h1-3,8,10H,4-7,9H2. The molecule has 21 heavy (non-hydrogen) atoms. The number of rotatable bonds is 4. The highest BCUT2D eigenvalue weighted by Gasteiger charge is 2.29. The van der Waals surface area contributed by atoms with Crippen molar-refractivity contribution in [2.45, 2.75) is 10.8 Å². The fourth-order valence-electron chi connectivity index (χ4n) is 2.33. The number of hydrogen-bond donors (Lipinski definition) is 0. The van der Waals surface area contributed by atoms with E-state index in [2.05, 4.69) is 37.7 Å². The van der Waals surface area contributed by atoms with E-state index in [0.717, 1.165) is 23.4 Å². The molecular formula is C13H15BrN2O2S3. The minimum atomic E-state index is -3.33. The summed E-state index contributed by atoms with van der Waals surface area (Å²) in [5, 5.41) is 4.22. The molecule has 0 saturated carbocycles. The Labute approximate surface area is 141 Å². The summed E-state index contributed by atoms with van der Waals surface area (Å²) in [6.45, 7) is 3.58. The predicted molar refractivity (Wildman–Crippen MR) is 90.4 cm³/mol. The predicted octanol–water partition coefficient (Wildman–Crippen LogP) is 3.08. The largest absolute Gasteiger partial charge is 0.296 e. The van der Waals surface area contributed by atoms with Crippen LogP contribution >= 0.6 is 38.6 Å². The lowest BCUT2D eigenvalue weighted by Gasteiger charge is -2.33. The average Bonchev–Trinajstić information content (AvgIpc) is 3.11. The van der Waals surface area contributed by atoms with Crippen molar-refractivity contribution >= 4 is 48.6 Å². The van der Waals surface area contributed by atoms with Gasteiger partial charge in [-0.15, -0.1) is 11.3 Å². The van der Waals surface area contributed by atoms with Crippen LogP contribution in [0.5, 0.6) is 0 Å². The smallest absolute Gasteiger partial charge is 0.252 e. The van der Waals surface area contributed by atoms with Gasteiger partial charge in [0.05, 0.1) is 3.79 Å². The Morgan fingerprint density at radius 1 is 1.14 bits per heavy atom. The van der Waals surface area contributed by atoms with E-state index in [9.17, 15) is 8.42 Å². The maximum absolute atomic E-state index is 12.5. The van der Waals surface area contributed by atoms with E-state index in [1.165, 1.54) is 16.9 Å². The topological polar surface area (TPSA) is 40.6 Å². The third kappa shape index (κ3) is 3.57. The van der Waals surface area contributed by atoms with Crippen molar-refractivity contribution in [3.63, 3.8) is 0 Å². The van der Waals surface area contributed by atoms with Crippen molar-refractivity contribution < 1.29 is 8.42 Å². The SMILES string of the molecule is O=S(=O)(c1ccc(Br)s1)N1CCN(Cc2ccsc2)CC1. The third-order valence-corrected chi connectivity index (χ3v) is 8.18. The van der Waals surface area contributed by atoms with Gasteiger partial charge in [0.1, 0.15) is 4.21 Å². The van der Waals surface area contributed by atoms with Crippen LogP contribution in [0.25, 0.3) is 0 Å². The van der Waals surface area contributed by atoms with E-state index in [4.69, 9.17) is 0 Å². The molecule has 0 spiro atoms. The van der Waals surface area contributed by atoms with Gasteiger partial charge in [-0.3, -0.25) is 4.90 Å². The van der Waals surface area contributed by atoms with Gasteiger partial charge >= 0.3 is 0 Å². The zero-order valence-corrected chi connectivity index (χ0v) is 15.3. The quantitative estimate of drug-likeness (QED) is 0.782. The second-order valence-corrected chi connectivity index (χ2v) is 10.3. The monoisotopic (exact) mass is 406 g/mol. The van der Waals surface area contributed by atoms with Crippen molar-refractivity contribution in [3.05, 3.63) is 38.3 Å². The molecule has 1 saturated heterocycles. The molecule has 4 nitrogen and oxygen atoms in total. The van der Waals surface area contributed by atoms with E-state index in [-0.39, 0.29) is 0 Å². The first-order valence-corrected chi connectivity index (χ1v) is 10.5. The molecule has 3 heterocycles. The molecule has 0 radical (unpaired) electrons.